The van der Waals surface area contributed by atoms with Gasteiger partial charge in [0.15, 0.2) is 0 Å². The largest absolute Gasteiger partial charge is 0.321 e. The molecule has 0 fully saturated rings. The Morgan fingerprint density at radius 3 is 2.62 bits per heavy atom. The monoisotopic (exact) mass is 271 g/mol. The van der Waals surface area contributed by atoms with E-state index in [0.29, 0.717) is 20.6 Å². The number of carbonyl (C=O) groups is 1. The van der Waals surface area contributed by atoms with Crippen LogP contribution in [0.15, 0.2) is 35.7 Å². The molecule has 0 aliphatic rings. The lowest BCUT2D eigenvalue weighted by Crippen LogP contribution is -2.09. The van der Waals surface area contributed by atoms with Gasteiger partial charge in [-0.05, 0) is 29.6 Å². The van der Waals surface area contributed by atoms with Crippen molar-refractivity contribution in [2.24, 2.45) is 0 Å². The fourth-order valence-electron chi connectivity index (χ4n) is 1.17. The van der Waals surface area contributed by atoms with Crippen LogP contribution in [-0.2, 0) is 0 Å². The first-order chi connectivity index (χ1) is 7.66. The summed E-state index contributed by atoms with van der Waals surface area (Å²) in [7, 11) is 0. The summed E-state index contributed by atoms with van der Waals surface area (Å²) in [5, 5.41) is 5.48. The molecule has 2 rings (SSSR count). The Labute approximate surface area is 107 Å². The van der Waals surface area contributed by atoms with Crippen LogP contribution < -0.4 is 5.32 Å². The Morgan fingerprint density at radius 1 is 1.19 bits per heavy atom. The van der Waals surface area contributed by atoms with Crippen LogP contribution in [0.1, 0.15) is 9.67 Å². The lowest BCUT2D eigenvalue weighted by molar-refractivity contribution is 0.103. The van der Waals surface area contributed by atoms with E-state index in [4.69, 9.17) is 23.2 Å². The molecule has 1 N–H and O–H groups in total. The predicted octanol–water partition coefficient (Wildman–Crippen LogP) is 4.31. The molecule has 0 bridgehead atoms. The first-order valence-electron chi connectivity index (χ1n) is 4.47. The maximum atomic E-state index is 11.7. The summed E-state index contributed by atoms with van der Waals surface area (Å²) in [6.45, 7) is 0. The Bertz CT molecular complexity index is 511. The average molecular weight is 272 g/mol. The van der Waals surface area contributed by atoms with Crippen molar-refractivity contribution in [3.05, 3.63) is 50.6 Å². The molecule has 0 saturated heterocycles. The maximum absolute atomic E-state index is 11.7. The minimum Gasteiger partial charge on any atom is -0.321 e. The summed E-state index contributed by atoms with van der Waals surface area (Å²) < 4.78 is 0. The number of benzene rings is 1. The van der Waals surface area contributed by atoms with Gasteiger partial charge in [-0.25, -0.2) is 0 Å². The summed E-state index contributed by atoms with van der Waals surface area (Å²) >= 11 is 13.0. The highest BCUT2D eigenvalue weighted by molar-refractivity contribution is 7.12. The number of rotatable bonds is 2. The van der Waals surface area contributed by atoms with E-state index in [9.17, 15) is 4.79 Å². The Balaban J connectivity index is 2.15. The van der Waals surface area contributed by atoms with Gasteiger partial charge in [0.2, 0.25) is 0 Å². The summed E-state index contributed by atoms with van der Waals surface area (Å²) in [5.74, 6) is -0.145. The van der Waals surface area contributed by atoms with Crippen LogP contribution in [0, 0.1) is 0 Å². The van der Waals surface area contributed by atoms with E-state index in [1.807, 2.05) is 11.4 Å². The smallest absolute Gasteiger partial charge is 0.265 e. The molecule has 82 valence electrons. The van der Waals surface area contributed by atoms with Gasteiger partial charge in [0, 0.05) is 5.69 Å². The summed E-state index contributed by atoms with van der Waals surface area (Å²) in [6, 6.07) is 8.56. The first-order valence-corrected chi connectivity index (χ1v) is 6.10. The lowest BCUT2D eigenvalue weighted by Gasteiger charge is -2.04. The molecule has 1 aromatic heterocycles. The molecule has 5 heteroatoms. The van der Waals surface area contributed by atoms with Crippen LogP contribution in [0.5, 0.6) is 0 Å². The Hall–Kier alpha value is -1.03. The number of amides is 1. The standard InChI is InChI=1S/C11H7Cl2NOS/c12-8-4-3-7(6-9(8)13)14-11(15)10-2-1-5-16-10/h1-6H,(H,14,15). The van der Waals surface area contributed by atoms with Crippen molar-refractivity contribution in [1.29, 1.82) is 0 Å². The molecule has 0 aliphatic carbocycles. The van der Waals surface area contributed by atoms with Crippen molar-refractivity contribution in [3.63, 3.8) is 0 Å². The molecule has 0 saturated carbocycles. The van der Waals surface area contributed by atoms with Crippen molar-refractivity contribution < 1.29 is 4.79 Å². The highest BCUT2D eigenvalue weighted by atomic mass is 35.5. The summed E-state index contributed by atoms with van der Waals surface area (Å²) in [5.41, 5.74) is 0.632. The van der Waals surface area contributed by atoms with E-state index < -0.39 is 0 Å². The van der Waals surface area contributed by atoms with Gasteiger partial charge in [-0.15, -0.1) is 11.3 Å². The van der Waals surface area contributed by atoms with E-state index in [0.717, 1.165) is 0 Å². The van der Waals surface area contributed by atoms with Crippen LogP contribution in [0.4, 0.5) is 5.69 Å². The van der Waals surface area contributed by atoms with Gasteiger partial charge >= 0.3 is 0 Å². The second kappa shape index (κ2) is 4.87. The Kier molecular flexibility index (Phi) is 3.49. The van der Waals surface area contributed by atoms with E-state index in [2.05, 4.69) is 5.32 Å². The molecule has 2 aromatic rings. The molecule has 16 heavy (non-hydrogen) atoms. The minimum absolute atomic E-state index is 0.145. The van der Waals surface area contributed by atoms with Crippen LogP contribution in [0.3, 0.4) is 0 Å². The molecule has 1 heterocycles. The number of anilines is 1. The second-order valence-electron chi connectivity index (χ2n) is 3.06. The molecule has 0 atom stereocenters. The van der Waals surface area contributed by atoms with E-state index in [1.54, 1.807) is 24.3 Å². The van der Waals surface area contributed by atoms with Crippen LogP contribution in [0.25, 0.3) is 0 Å². The zero-order valence-electron chi connectivity index (χ0n) is 8.04. The van der Waals surface area contributed by atoms with Crippen molar-refractivity contribution in [2.75, 3.05) is 5.32 Å². The number of halogens is 2. The molecule has 1 amide bonds. The zero-order chi connectivity index (χ0) is 11.5. The Morgan fingerprint density at radius 2 is 2.00 bits per heavy atom. The molecule has 0 radical (unpaired) electrons. The van der Waals surface area contributed by atoms with Gasteiger partial charge in [0.05, 0.1) is 14.9 Å². The van der Waals surface area contributed by atoms with Crippen LogP contribution in [0.2, 0.25) is 10.0 Å². The average Bonchev–Trinajstić information content (AvgIpc) is 2.77. The lowest BCUT2D eigenvalue weighted by atomic mass is 10.3. The highest BCUT2D eigenvalue weighted by Crippen LogP contribution is 2.25. The van der Waals surface area contributed by atoms with Crippen molar-refractivity contribution >= 4 is 46.1 Å². The van der Waals surface area contributed by atoms with E-state index in [-0.39, 0.29) is 5.91 Å². The molecule has 0 spiro atoms. The van der Waals surface area contributed by atoms with Crippen LogP contribution >= 0.6 is 34.5 Å². The normalized spacial score (nSPS) is 10.1. The number of nitrogens with one attached hydrogen (secondary N) is 1. The fourth-order valence-corrected chi connectivity index (χ4v) is 2.09. The number of carbonyl (C=O) groups excluding carboxylic acids is 1. The van der Waals surface area contributed by atoms with Crippen LogP contribution in [-0.4, -0.2) is 5.91 Å². The van der Waals surface area contributed by atoms with Crippen molar-refractivity contribution in [1.82, 2.24) is 0 Å². The van der Waals surface area contributed by atoms with Gasteiger partial charge in [0.1, 0.15) is 0 Å². The molecule has 2 nitrogen and oxygen atoms in total. The molecule has 0 aliphatic heterocycles. The first kappa shape index (κ1) is 11.5. The fraction of sp³-hybridized carbons (Fsp3) is 0. The van der Waals surface area contributed by atoms with Gasteiger partial charge in [-0.2, -0.15) is 0 Å². The minimum atomic E-state index is -0.145. The topological polar surface area (TPSA) is 29.1 Å². The van der Waals surface area contributed by atoms with E-state index >= 15 is 0 Å². The third-order valence-electron chi connectivity index (χ3n) is 1.92. The van der Waals surface area contributed by atoms with E-state index in [1.165, 1.54) is 11.3 Å². The molecular weight excluding hydrogens is 265 g/mol. The second-order valence-corrected chi connectivity index (χ2v) is 4.82. The zero-order valence-corrected chi connectivity index (χ0v) is 10.4. The number of thiophene rings is 1. The summed E-state index contributed by atoms with van der Waals surface area (Å²) in [4.78, 5) is 12.4. The van der Waals surface area contributed by atoms with Crippen molar-refractivity contribution in [3.8, 4) is 0 Å². The quantitative estimate of drug-likeness (QED) is 0.867. The molecule has 1 aromatic carbocycles. The van der Waals surface area contributed by atoms with Gasteiger partial charge in [-0.1, -0.05) is 29.3 Å². The van der Waals surface area contributed by atoms with Crippen molar-refractivity contribution in [2.45, 2.75) is 0 Å². The number of hydrogen-bond acceptors (Lipinski definition) is 2. The highest BCUT2D eigenvalue weighted by Gasteiger charge is 2.07. The van der Waals surface area contributed by atoms with Gasteiger partial charge in [0.25, 0.3) is 5.91 Å². The van der Waals surface area contributed by atoms with Gasteiger partial charge in [-0.3, -0.25) is 4.79 Å². The predicted molar refractivity (Wildman–Crippen MR) is 68.7 cm³/mol. The van der Waals surface area contributed by atoms with Gasteiger partial charge < -0.3 is 5.32 Å². The SMILES string of the molecule is O=C(Nc1ccc(Cl)c(Cl)c1)c1cccs1. The maximum Gasteiger partial charge on any atom is 0.265 e. The number of hydrogen-bond donors (Lipinski definition) is 1. The summed E-state index contributed by atoms with van der Waals surface area (Å²) in [6.07, 6.45) is 0. The third kappa shape index (κ3) is 2.55. The third-order valence-corrected chi connectivity index (χ3v) is 3.53. The molecular formula is C11H7Cl2NOS. The molecule has 0 unspecified atom stereocenters.